The van der Waals surface area contributed by atoms with E-state index in [0.717, 1.165) is 6.42 Å². The van der Waals surface area contributed by atoms with Gasteiger partial charge in [0.05, 0.1) is 4.92 Å². The van der Waals surface area contributed by atoms with Gasteiger partial charge >= 0.3 is 5.69 Å². The van der Waals surface area contributed by atoms with Crippen LogP contribution in [-0.4, -0.2) is 18.5 Å². The molecule has 0 amide bonds. The highest BCUT2D eigenvalue weighted by atomic mass is 32.1. The van der Waals surface area contributed by atoms with Gasteiger partial charge in [0.25, 0.3) is 0 Å². The van der Waals surface area contributed by atoms with E-state index >= 15 is 0 Å². The summed E-state index contributed by atoms with van der Waals surface area (Å²) in [6.07, 6.45) is 0.860. The van der Waals surface area contributed by atoms with Gasteiger partial charge in [-0.1, -0.05) is 12.1 Å². The number of nitrogens with zero attached hydrogens (tertiary/aromatic N) is 1. The topological polar surface area (TPSA) is 67.2 Å². The molecule has 0 spiro atoms. The van der Waals surface area contributed by atoms with Crippen molar-refractivity contribution in [2.24, 2.45) is 0 Å². The summed E-state index contributed by atoms with van der Waals surface area (Å²) in [6, 6.07) is 9.29. The lowest BCUT2D eigenvalue weighted by Gasteiger charge is -2.09. The van der Waals surface area contributed by atoms with Crippen molar-refractivity contribution in [1.82, 2.24) is 0 Å². The Kier molecular flexibility index (Phi) is 4.35. The summed E-state index contributed by atoms with van der Waals surface area (Å²) in [7, 11) is 1.68. The molecule has 0 atom stereocenters. The second-order valence-electron chi connectivity index (χ2n) is 3.96. The summed E-state index contributed by atoms with van der Waals surface area (Å²) >= 11 is 1.69. The monoisotopic (exact) mass is 277 g/mol. The van der Waals surface area contributed by atoms with E-state index in [4.69, 9.17) is 0 Å². The fourth-order valence-electron chi connectivity index (χ4n) is 1.86. The lowest BCUT2D eigenvalue weighted by Crippen LogP contribution is -2.07. The molecule has 1 heterocycles. The number of nitro benzene ring substituents is 1. The van der Waals surface area contributed by atoms with E-state index < -0.39 is 0 Å². The minimum absolute atomic E-state index is 0.0937. The molecular formula is C13H15N3O2S. The van der Waals surface area contributed by atoms with Crippen LogP contribution in [0.4, 0.5) is 17.1 Å². The number of thiophene rings is 1. The van der Waals surface area contributed by atoms with Gasteiger partial charge in [-0.05, 0) is 30.0 Å². The lowest BCUT2D eigenvalue weighted by molar-refractivity contribution is -0.383. The molecule has 100 valence electrons. The highest BCUT2D eigenvalue weighted by molar-refractivity contribution is 7.09. The Morgan fingerprint density at radius 2 is 2.05 bits per heavy atom. The quantitative estimate of drug-likeness (QED) is 0.627. The highest BCUT2D eigenvalue weighted by Gasteiger charge is 2.18. The zero-order valence-electron chi connectivity index (χ0n) is 10.6. The third kappa shape index (κ3) is 3.23. The second kappa shape index (κ2) is 6.19. The first-order valence-corrected chi connectivity index (χ1v) is 6.81. The molecule has 0 aliphatic carbocycles. The Labute approximate surface area is 115 Å². The molecule has 6 heteroatoms. The van der Waals surface area contributed by atoms with Crippen molar-refractivity contribution in [3.05, 3.63) is 50.7 Å². The molecule has 0 aliphatic rings. The summed E-state index contributed by atoms with van der Waals surface area (Å²) in [5.41, 5.74) is 1.16. The molecule has 0 aliphatic heterocycles. The fourth-order valence-corrected chi connectivity index (χ4v) is 2.57. The lowest BCUT2D eigenvalue weighted by atomic mass is 10.2. The number of benzene rings is 1. The van der Waals surface area contributed by atoms with Gasteiger partial charge in [0.15, 0.2) is 0 Å². The summed E-state index contributed by atoms with van der Waals surface area (Å²) < 4.78 is 0. The van der Waals surface area contributed by atoms with Crippen LogP contribution >= 0.6 is 11.3 Å². The first kappa shape index (κ1) is 13.4. The zero-order valence-corrected chi connectivity index (χ0v) is 11.4. The maximum Gasteiger partial charge on any atom is 0.315 e. The standard InChI is InChI=1S/C13H15N3O2S/c1-14-11-5-2-6-12(13(11)16(17)18)15-8-7-10-4-3-9-19-10/h2-6,9,14-15H,7-8H2,1H3. The molecule has 0 unspecified atom stereocenters. The van der Waals surface area contributed by atoms with Crippen molar-refractivity contribution >= 4 is 28.4 Å². The van der Waals surface area contributed by atoms with Crippen molar-refractivity contribution in [2.75, 3.05) is 24.2 Å². The molecule has 0 saturated heterocycles. The number of hydrogen-bond acceptors (Lipinski definition) is 5. The van der Waals surface area contributed by atoms with Gasteiger partial charge in [-0.25, -0.2) is 0 Å². The Morgan fingerprint density at radius 3 is 2.68 bits per heavy atom. The van der Waals surface area contributed by atoms with E-state index in [-0.39, 0.29) is 10.6 Å². The van der Waals surface area contributed by atoms with Crippen molar-refractivity contribution in [3.63, 3.8) is 0 Å². The third-order valence-corrected chi connectivity index (χ3v) is 3.69. The van der Waals surface area contributed by atoms with Crippen LogP contribution in [0.3, 0.4) is 0 Å². The van der Waals surface area contributed by atoms with Crippen molar-refractivity contribution in [2.45, 2.75) is 6.42 Å². The Hall–Kier alpha value is -2.08. The van der Waals surface area contributed by atoms with Crippen LogP contribution in [0.2, 0.25) is 0 Å². The molecule has 0 saturated carbocycles. The van der Waals surface area contributed by atoms with Crippen molar-refractivity contribution in [1.29, 1.82) is 0 Å². The van der Waals surface area contributed by atoms with Crippen LogP contribution in [0.15, 0.2) is 35.7 Å². The first-order valence-electron chi connectivity index (χ1n) is 5.94. The van der Waals surface area contributed by atoms with Gasteiger partial charge < -0.3 is 10.6 Å². The van der Waals surface area contributed by atoms with E-state index in [9.17, 15) is 10.1 Å². The summed E-state index contributed by atoms with van der Waals surface area (Å²) in [5, 5.41) is 19.1. The average Bonchev–Trinajstić information content (AvgIpc) is 2.91. The average molecular weight is 277 g/mol. The second-order valence-corrected chi connectivity index (χ2v) is 5.00. The maximum atomic E-state index is 11.1. The minimum Gasteiger partial charge on any atom is -0.382 e. The predicted molar refractivity (Wildman–Crippen MR) is 79.2 cm³/mol. The molecule has 1 aromatic heterocycles. The maximum absolute atomic E-state index is 11.1. The molecule has 0 radical (unpaired) electrons. The van der Waals surface area contributed by atoms with Gasteiger partial charge in [-0.3, -0.25) is 10.1 Å². The van der Waals surface area contributed by atoms with Crippen LogP contribution < -0.4 is 10.6 Å². The van der Waals surface area contributed by atoms with E-state index in [0.29, 0.717) is 17.9 Å². The number of nitrogens with one attached hydrogen (secondary N) is 2. The fraction of sp³-hybridized carbons (Fsp3) is 0.231. The predicted octanol–water partition coefficient (Wildman–Crippen LogP) is 3.35. The van der Waals surface area contributed by atoms with Crippen LogP contribution in [0.1, 0.15) is 4.88 Å². The number of rotatable bonds is 6. The first-order chi connectivity index (χ1) is 9.22. The Morgan fingerprint density at radius 1 is 1.26 bits per heavy atom. The van der Waals surface area contributed by atoms with Crippen LogP contribution in [0.5, 0.6) is 0 Å². The SMILES string of the molecule is CNc1cccc(NCCc2cccs2)c1[N+](=O)[O-]. The number of anilines is 2. The number of nitro groups is 1. The zero-order chi connectivity index (χ0) is 13.7. The Bertz CT molecular complexity index is 555. The van der Waals surface area contributed by atoms with Crippen LogP contribution in [0.25, 0.3) is 0 Å². The molecule has 0 fully saturated rings. The largest absolute Gasteiger partial charge is 0.382 e. The normalized spacial score (nSPS) is 10.2. The van der Waals surface area contributed by atoms with E-state index in [1.807, 2.05) is 11.4 Å². The van der Waals surface area contributed by atoms with Gasteiger partial charge in [0.1, 0.15) is 11.4 Å². The number of hydrogen-bond donors (Lipinski definition) is 2. The van der Waals surface area contributed by atoms with Crippen LogP contribution in [-0.2, 0) is 6.42 Å². The van der Waals surface area contributed by atoms with Crippen molar-refractivity contribution in [3.8, 4) is 0 Å². The molecule has 2 N–H and O–H groups in total. The molecular weight excluding hydrogens is 262 g/mol. The van der Waals surface area contributed by atoms with E-state index in [2.05, 4.69) is 16.7 Å². The van der Waals surface area contributed by atoms with Gasteiger partial charge in [-0.15, -0.1) is 11.3 Å². The van der Waals surface area contributed by atoms with E-state index in [1.54, 1.807) is 36.6 Å². The summed E-state index contributed by atoms with van der Waals surface area (Å²) in [5.74, 6) is 0. The number of para-hydroxylation sites is 1. The summed E-state index contributed by atoms with van der Waals surface area (Å²) in [4.78, 5) is 12.0. The third-order valence-electron chi connectivity index (χ3n) is 2.75. The molecule has 5 nitrogen and oxygen atoms in total. The molecule has 2 rings (SSSR count). The molecule has 0 bridgehead atoms. The van der Waals surface area contributed by atoms with Crippen LogP contribution in [0, 0.1) is 10.1 Å². The molecule has 19 heavy (non-hydrogen) atoms. The van der Waals surface area contributed by atoms with E-state index in [1.165, 1.54) is 4.88 Å². The van der Waals surface area contributed by atoms with Gasteiger partial charge in [-0.2, -0.15) is 0 Å². The smallest absolute Gasteiger partial charge is 0.315 e. The molecule has 2 aromatic rings. The minimum atomic E-state index is -0.362. The van der Waals surface area contributed by atoms with Gasteiger partial charge in [0.2, 0.25) is 0 Å². The summed E-state index contributed by atoms with van der Waals surface area (Å²) in [6.45, 7) is 0.675. The van der Waals surface area contributed by atoms with Gasteiger partial charge in [0, 0.05) is 18.5 Å². The highest BCUT2D eigenvalue weighted by Crippen LogP contribution is 2.32. The van der Waals surface area contributed by atoms with Crippen molar-refractivity contribution < 1.29 is 4.92 Å². The molecule has 1 aromatic carbocycles. The Balaban J connectivity index is 2.09.